The molecule has 2 aromatic rings. The Labute approximate surface area is 116 Å². The van der Waals surface area contributed by atoms with Crippen molar-refractivity contribution in [1.29, 1.82) is 0 Å². The molecule has 0 saturated carbocycles. The number of benzene rings is 1. The molecule has 2 rings (SSSR count). The van der Waals surface area contributed by atoms with E-state index in [9.17, 15) is 12.8 Å². The van der Waals surface area contributed by atoms with Crippen molar-refractivity contribution < 1.29 is 12.8 Å². The lowest BCUT2D eigenvalue weighted by molar-refractivity contribution is 0.596. The molecule has 0 atom stereocenters. The van der Waals surface area contributed by atoms with Crippen LogP contribution in [-0.4, -0.2) is 13.4 Å². The standard InChI is InChI=1S/C13H14FN3O2S/c1-9-4-5-11(10(14)7-9)17-20(18,19)13-3-2-6-16-12(13)8-15/h2-7,17H,8,15H2,1H3. The van der Waals surface area contributed by atoms with Gasteiger partial charge in [-0.3, -0.25) is 9.71 Å². The molecule has 7 heteroatoms. The molecule has 3 N–H and O–H groups in total. The summed E-state index contributed by atoms with van der Waals surface area (Å²) in [6.45, 7) is 1.70. The minimum Gasteiger partial charge on any atom is -0.325 e. The van der Waals surface area contributed by atoms with Crippen molar-refractivity contribution in [3.05, 3.63) is 53.6 Å². The van der Waals surface area contributed by atoms with E-state index in [0.717, 1.165) is 0 Å². The molecule has 0 aliphatic heterocycles. The van der Waals surface area contributed by atoms with Crippen molar-refractivity contribution >= 4 is 15.7 Å². The van der Waals surface area contributed by atoms with Gasteiger partial charge in [0.15, 0.2) is 0 Å². The minimum absolute atomic E-state index is 0.0204. The summed E-state index contributed by atoms with van der Waals surface area (Å²) >= 11 is 0. The Balaban J connectivity index is 2.41. The van der Waals surface area contributed by atoms with Gasteiger partial charge in [-0.1, -0.05) is 6.07 Å². The number of halogens is 1. The molecule has 0 fully saturated rings. The molecule has 5 nitrogen and oxygen atoms in total. The summed E-state index contributed by atoms with van der Waals surface area (Å²) in [4.78, 5) is 3.85. The Morgan fingerprint density at radius 1 is 1.35 bits per heavy atom. The van der Waals surface area contributed by atoms with Crippen molar-refractivity contribution in [1.82, 2.24) is 4.98 Å². The predicted octanol–water partition coefficient (Wildman–Crippen LogP) is 1.79. The van der Waals surface area contributed by atoms with Crippen LogP contribution in [0.3, 0.4) is 0 Å². The van der Waals surface area contributed by atoms with Crippen molar-refractivity contribution in [2.75, 3.05) is 4.72 Å². The van der Waals surface area contributed by atoms with Gasteiger partial charge < -0.3 is 5.73 Å². The Morgan fingerprint density at radius 3 is 2.75 bits per heavy atom. The second-order valence-corrected chi connectivity index (χ2v) is 5.89. The van der Waals surface area contributed by atoms with Crippen LogP contribution < -0.4 is 10.5 Å². The molecule has 0 spiro atoms. The number of aromatic nitrogens is 1. The number of aryl methyl sites for hydroxylation is 1. The van der Waals surface area contributed by atoms with Gasteiger partial charge in [-0.15, -0.1) is 0 Å². The quantitative estimate of drug-likeness (QED) is 0.900. The summed E-state index contributed by atoms with van der Waals surface area (Å²) in [7, 11) is -3.92. The molecule has 0 aliphatic carbocycles. The fourth-order valence-electron chi connectivity index (χ4n) is 1.72. The third-order valence-electron chi connectivity index (χ3n) is 2.70. The van der Waals surface area contributed by atoms with Gasteiger partial charge in [-0.2, -0.15) is 0 Å². The maximum atomic E-state index is 13.7. The largest absolute Gasteiger partial charge is 0.325 e. The number of sulfonamides is 1. The Bertz CT molecular complexity index is 732. The highest BCUT2D eigenvalue weighted by atomic mass is 32.2. The number of hydrogen-bond donors (Lipinski definition) is 2. The van der Waals surface area contributed by atoms with E-state index in [0.29, 0.717) is 5.56 Å². The van der Waals surface area contributed by atoms with E-state index < -0.39 is 15.8 Å². The first-order chi connectivity index (χ1) is 9.44. The zero-order chi connectivity index (χ0) is 14.8. The fraction of sp³-hybridized carbons (Fsp3) is 0.154. The molecular formula is C13H14FN3O2S. The fourth-order valence-corrected chi connectivity index (χ4v) is 2.99. The summed E-state index contributed by atoms with van der Waals surface area (Å²) in [5, 5.41) is 0. The third kappa shape index (κ3) is 2.94. The normalized spacial score (nSPS) is 11.3. The van der Waals surface area contributed by atoms with Crippen LogP contribution in [0.15, 0.2) is 41.4 Å². The number of nitrogens with two attached hydrogens (primary N) is 1. The van der Waals surface area contributed by atoms with Gasteiger partial charge in [0.1, 0.15) is 10.7 Å². The van der Waals surface area contributed by atoms with Crippen molar-refractivity contribution in [3.8, 4) is 0 Å². The first kappa shape index (κ1) is 14.4. The molecule has 106 valence electrons. The highest BCUT2D eigenvalue weighted by Crippen LogP contribution is 2.21. The molecule has 0 unspecified atom stereocenters. The summed E-state index contributed by atoms with van der Waals surface area (Å²) in [5.41, 5.74) is 6.29. The van der Waals surface area contributed by atoms with E-state index in [2.05, 4.69) is 9.71 Å². The number of rotatable bonds is 4. The zero-order valence-corrected chi connectivity index (χ0v) is 11.6. The lowest BCUT2D eigenvalue weighted by Gasteiger charge is -2.11. The average molecular weight is 295 g/mol. The van der Waals surface area contributed by atoms with E-state index in [4.69, 9.17) is 5.73 Å². The number of hydrogen-bond acceptors (Lipinski definition) is 4. The van der Waals surface area contributed by atoms with Crippen LogP contribution in [-0.2, 0) is 16.6 Å². The number of nitrogens with one attached hydrogen (secondary N) is 1. The summed E-state index contributed by atoms with van der Waals surface area (Å²) < 4.78 is 40.4. The van der Waals surface area contributed by atoms with E-state index in [1.165, 1.54) is 30.5 Å². The van der Waals surface area contributed by atoms with Crippen molar-refractivity contribution in [2.45, 2.75) is 18.4 Å². The smallest absolute Gasteiger partial charge is 0.263 e. The second-order valence-electron chi connectivity index (χ2n) is 4.24. The summed E-state index contributed by atoms with van der Waals surface area (Å²) in [6, 6.07) is 7.11. The van der Waals surface area contributed by atoms with Gasteiger partial charge in [-0.05, 0) is 36.8 Å². The van der Waals surface area contributed by atoms with E-state index in [-0.39, 0.29) is 22.8 Å². The summed E-state index contributed by atoms with van der Waals surface area (Å²) in [5.74, 6) is -0.633. The van der Waals surface area contributed by atoms with Crippen LogP contribution in [0, 0.1) is 12.7 Å². The Kier molecular flexibility index (Phi) is 4.01. The van der Waals surface area contributed by atoms with E-state index >= 15 is 0 Å². The number of nitrogens with zero attached hydrogens (tertiary/aromatic N) is 1. The average Bonchev–Trinajstić information content (AvgIpc) is 2.42. The van der Waals surface area contributed by atoms with Crippen LogP contribution in [0.25, 0.3) is 0 Å². The zero-order valence-electron chi connectivity index (χ0n) is 10.8. The minimum atomic E-state index is -3.92. The highest BCUT2D eigenvalue weighted by molar-refractivity contribution is 7.92. The number of anilines is 1. The monoisotopic (exact) mass is 295 g/mol. The Hall–Kier alpha value is -1.99. The maximum absolute atomic E-state index is 13.7. The molecule has 0 saturated heterocycles. The highest BCUT2D eigenvalue weighted by Gasteiger charge is 2.20. The topological polar surface area (TPSA) is 85.1 Å². The van der Waals surface area contributed by atoms with Crippen LogP contribution in [0.4, 0.5) is 10.1 Å². The lowest BCUT2D eigenvalue weighted by atomic mass is 10.2. The third-order valence-corrected chi connectivity index (χ3v) is 4.14. The van der Waals surface area contributed by atoms with Crippen molar-refractivity contribution in [2.24, 2.45) is 5.73 Å². The van der Waals surface area contributed by atoms with Gasteiger partial charge in [0.25, 0.3) is 10.0 Å². The Morgan fingerprint density at radius 2 is 2.10 bits per heavy atom. The first-order valence-corrected chi connectivity index (χ1v) is 7.35. The van der Waals surface area contributed by atoms with Gasteiger partial charge in [-0.25, -0.2) is 12.8 Å². The van der Waals surface area contributed by atoms with Crippen LogP contribution in [0.2, 0.25) is 0 Å². The van der Waals surface area contributed by atoms with Gasteiger partial charge in [0.2, 0.25) is 0 Å². The molecule has 1 aromatic carbocycles. The lowest BCUT2D eigenvalue weighted by Crippen LogP contribution is -2.17. The van der Waals surface area contributed by atoms with Crippen LogP contribution >= 0.6 is 0 Å². The van der Waals surface area contributed by atoms with Gasteiger partial charge in [0.05, 0.1) is 11.4 Å². The van der Waals surface area contributed by atoms with E-state index in [1.807, 2.05) is 0 Å². The molecule has 20 heavy (non-hydrogen) atoms. The van der Waals surface area contributed by atoms with Gasteiger partial charge >= 0.3 is 0 Å². The molecule has 0 bridgehead atoms. The first-order valence-electron chi connectivity index (χ1n) is 5.87. The second kappa shape index (κ2) is 5.56. The predicted molar refractivity (Wildman–Crippen MR) is 74.1 cm³/mol. The molecule has 0 amide bonds. The molecule has 1 heterocycles. The summed E-state index contributed by atoms with van der Waals surface area (Å²) in [6.07, 6.45) is 1.45. The SMILES string of the molecule is Cc1ccc(NS(=O)(=O)c2cccnc2CN)c(F)c1. The van der Waals surface area contributed by atoms with Crippen molar-refractivity contribution in [3.63, 3.8) is 0 Å². The van der Waals surface area contributed by atoms with Crippen LogP contribution in [0.1, 0.15) is 11.3 Å². The number of pyridine rings is 1. The molecular weight excluding hydrogens is 281 g/mol. The van der Waals surface area contributed by atoms with E-state index in [1.54, 1.807) is 13.0 Å². The molecule has 1 aromatic heterocycles. The van der Waals surface area contributed by atoms with Gasteiger partial charge in [0, 0.05) is 12.7 Å². The molecule has 0 radical (unpaired) electrons. The van der Waals surface area contributed by atoms with Crippen LogP contribution in [0.5, 0.6) is 0 Å². The maximum Gasteiger partial charge on any atom is 0.263 e. The molecule has 0 aliphatic rings.